The van der Waals surface area contributed by atoms with Crippen molar-refractivity contribution in [1.82, 2.24) is 0 Å². The van der Waals surface area contributed by atoms with Crippen molar-refractivity contribution in [3.05, 3.63) is 29.3 Å². The summed E-state index contributed by atoms with van der Waals surface area (Å²) < 4.78 is 0. The Morgan fingerprint density at radius 3 is 2.59 bits per heavy atom. The molecule has 0 atom stereocenters. The highest BCUT2D eigenvalue weighted by Gasteiger charge is 2.10. The van der Waals surface area contributed by atoms with Gasteiger partial charge in [0.15, 0.2) is 0 Å². The molecule has 0 bridgehead atoms. The van der Waals surface area contributed by atoms with Crippen molar-refractivity contribution in [2.75, 3.05) is 18.5 Å². The SMILES string of the molecule is C=O.Cc1ccc2c(c1)CCCCCN2C.Cl. The molecule has 0 saturated heterocycles. The number of carbonyl (C=O) groups is 1. The van der Waals surface area contributed by atoms with Crippen molar-refractivity contribution in [3.63, 3.8) is 0 Å². The molecule has 1 aliphatic heterocycles. The number of carbonyl (C=O) groups excluding carboxylic acids is 1. The first-order valence-electron chi connectivity index (χ1n) is 5.87. The first kappa shape index (κ1) is 16.0. The van der Waals surface area contributed by atoms with Gasteiger partial charge in [-0.2, -0.15) is 0 Å². The van der Waals surface area contributed by atoms with Crippen LogP contribution in [-0.2, 0) is 11.2 Å². The molecule has 0 N–H and O–H groups in total. The maximum Gasteiger partial charge on any atom is 0.106 e. The topological polar surface area (TPSA) is 20.3 Å². The lowest BCUT2D eigenvalue weighted by Crippen LogP contribution is -2.21. The first-order valence-corrected chi connectivity index (χ1v) is 5.87. The highest BCUT2D eigenvalue weighted by atomic mass is 35.5. The van der Waals surface area contributed by atoms with E-state index < -0.39 is 0 Å². The second kappa shape index (κ2) is 8.13. The Bertz CT molecular complexity index is 341. The zero-order valence-electron chi connectivity index (χ0n) is 10.7. The van der Waals surface area contributed by atoms with E-state index in [-0.39, 0.29) is 12.4 Å². The summed E-state index contributed by atoms with van der Waals surface area (Å²) in [6.45, 7) is 5.38. The van der Waals surface area contributed by atoms with Gasteiger partial charge in [-0.1, -0.05) is 24.1 Å². The lowest BCUT2D eigenvalue weighted by Gasteiger charge is -2.25. The molecule has 0 aliphatic carbocycles. The van der Waals surface area contributed by atoms with Crippen molar-refractivity contribution in [3.8, 4) is 0 Å². The fraction of sp³-hybridized carbons (Fsp3) is 0.500. The molecule has 0 spiro atoms. The average Bonchev–Trinajstić information content (AvgIpc) is 2.29. The Morgan fingerprint density at radius 2 is 1.88 bits per heavy atom. The van der Waals surface area contributed by atoms with Crippen LogP contribution in [0.4, 0.5) is 5.69 Å². The summed E-state index contributed by atoms with van der Waals surface area (Å²) in [7, 11) is 2.21. The molecule has 1 aliphatic rings. The van der Waals surface area contributed by atoms with Gasteiger partial charge >= 0.3 is 0 Å². The van der Waals surface area contributed by atoms with Crippen LogP contribution in [0.3, 0.4) is 0 Å². The van der Waals surface area contributed by atoms with E-state index in [0.717, 1.165) is 0 Å². The predicted octanol–water partition coefficient (Wildman–Crippen LogP) is 3.39. The van der Waals surface area contributed by atoms with Crippen LogP contribution in [0.15, 0.2) is 18.2 Å². The van der Waals surface area contributed by atoms with E-state index in [9.17, 15) is 0 Å². The molecule has 96 valence electrons. The standard InChI is InChI=1S/C13H19N.CH2O.ClH/c1-11-7-8-13-12(10-11)6-4-3-5-9-14(13)2;1-2;/h7-8,10H,3-6,9H2,1-2H3;1H2;1H. The Kier molecular flexibility index (Phi) is 7.64. The predicted molar refractivity (Wildman–Crippen MR) is 76.4 cm³/mol. The Balaban J connectivity index is 0.000000811. The molecule has 0 aromatic heterocycles. The molecule has 2 rings (SSSR count). The number of rotatable bonds is 0. The van der Waals surface area contributed by atoms with Crippen LogP contribution in [0, 0.1) is 6.92 Å². The largest absolute Gasteiger partial charge is 0.374 e. The number of aryl methyl sites for hydroxylation is 2. The minimum atomic E-state index is 0. The van der Waals surface area contributed by atoms with Gasteiger partial charge in [0.25, 0.3) is 0 Å². The van der Waals surface area contributed by atoms with Crippen LogP contribution < -0.4 is 4.90 Å². The number of halogens is 1. The van der Waals surface area contributed by atoms with Gasteiger partial charge in [0, 0.05) is 19.3 Å². The van der Waals surface area contributed by atoms with E-state index in [4.69, 9.17) is 4.79 Å². The van der Waals surface area contributed by atoms with Gasteiger partial charge in [-0.25, -0.2) is 0 Å². The summed E-state index contributed by atoms with van der Waals surface area (Å²) in [5.74, 6) is 0. The van der Waals surface area contributed by atoms with E-state index in [2.05, 4.69) is 37.1 Å². The summed E-state index contributed by atoms with van der Waals surface area (Å²) >= 11 is 0. The number of hydrogen-bond acceptors (Lipinski definition) is 2. The highest BCUT2D eigenvalue weighted by molar-refractivity contribution is 5.85. The molecular formula is C14H22ClNO. The lowest BCUT2D eigenvalue weighted by atomic mass is 10.00. The van der Waals surface area contributed by atoms with Crippen molar-refractivity contribution in [1.29, 1.82) is 0 Å². The van der Waals surface area contributed by atoms with E-state index >= 15 is 0 Å². The third-order valence-electron chi connectivity index (χ3n) is 3.09. The minimum Gasteiger partial charge on any atom is -0.374 e. The molecule has 0 fully saturated rings. The molecule has 1 heterocycles. The zero-order valence-corrected chi connectivity index (χ0v) is 11.6. The van der Waals surface area contributed by atoms with Gasteiger partial charge in [-0.3, -0.25) is 0 Å². The molecular weight excluding hydrogens is 234 g/mol. The van der Waals surface area contributed by atoms with E-state index in [1.807, 2.05) is 6.79 Å². The second-order valence-corrected chi connectivity index (χ2v) is 4.36. The number of benzene rings is 1. The molecule has 0 amide bonds. The van der Waals surface area contributed by atoms with Gasteiger partial charge in [0.2, 0.25) is 0 Å². The normalized spacial score (nSPS) is 14.4. The van der Waals surface area contributed by atoms with Crippen LogP contribution in [-0.4, -0.2) is 20.4 Å². The molecule has 3 heteroatoms. The molecule has 1 aromatic rings. The van der Waals surface area contributed by atoms with E-state index in [1.165, 1.54) is 49.0 Å². The Labute approximate surface area is 110 Å². The number of hydrogen-bond donors (Lipinski definition) is 0. The Hall–Kier alpha value is -1.02. The fourth-order valence-electron chi connectivity index (χ4n) is 2.25. The molecule has 0 saturated carbocycles. The van der Waals surface area contributed by atoms with Crippen molar-refractivity contribution >= 4 is 24.9 Å². The summed E-state index contributed by atoms with van der Waals surface area (Å²) in [6.07, 6.45) is 5.31. The molecule has 2 nitrogen and oxygen atoms in total. The zero-order chi connectivity index (χ0) is 12.0. The lowest BCUT2D eigenvalue weighted by molar-refractivity contribution is -0.0979. The number of nitrogens with zero attached hydrogens (tertiary/aromatic N) is 1. The third kappa shape index (κ3) is 4.39. The maximum atomic E-state index is 8.00. The minimum absolute atomic E-state index is 0. The highest BCUT2D eigenvalue weighted by Crippen LogP contribution is 2.25. The van der Waals surface area contributed by atoms with Gasteiger partial charge in [-0.05, 0) is 37.8 Å². The summed E-state index contributed by atoms with van der Waals surface area (Å²) in [4.78, 5) is 10.4. The van der Waals surface area contributed by atoms with Crippen LogP contribution in [0.1, 0.15) is 30.4 Å². The number of anilines is 1. The van der Waals surface area contributed by atoms with Gasteiger partial charge < -0.3 is 9.69 Å². The van der Waals surface area contributed by atoms with Crippen molar-refractivity contribution in [2.45, 2.75) is 32.6 Å². The van der Waals surface area contributed by atoms with Crippen LogP contribution in [0.25, 0.3) is 0 Å². The Morgan fingerprint density at radius 1 is 1.18 bits per heavy atom. The smallest absolute Gasteiger partial charge is 0.106 e. The third-order valence-corrected chi connectivity index (χ3v) is 3.09. The quantitative estimate of drug-likeness (QED) is 0.708. The number of fused-ring (bicyclic) bond motifs is 1. The summed E-state index contributed by atoms with van der Waals surface area (Å²) in [5.41, 5.74) is 4.36. The molecule has 17 heavy (non-hydrogen) atoms. The summed E-state index contributed by atoms with van der Waals surface area (Å²) in [5, 5.41) is 0. The molecule has 0 radical (unpaired) electrons. The average molecular weight is 256 g/mol. The second-order valence-electron chi connectivity index (χ2n) is 4.36. The van der Waals surface area contributed by atoms with Gasteiger partial charge in [0.05, 0.1) is 0 Å². The molecule has 0 unspecified atom stereocenters. The van der Waals surface area contributed by atoms with Crippen molar-refractivity contribution < 1.29 is 4.79 Å². The van der Waals surface area contributed by atoms with Gasteiger partial charge in [-0.15, -0.1) is 12.4 Å². The monoisotopic (exact) mass is 255 g/mol. The van der Waals surface area contributed by atoms with E-state index in [1.54, 1.807) is 0 Å². The van der Waals surface area contributed by atoms with Gasteiger partial charge in [0.1, 0.15) is 6.79 Å². The fourth-order valence-corrected chi connectivity index (χ4v) is 2.25. The van der Waals surface area contributed by atoms with Crippen LogP contribution in [0.5, 0.6) is 0 Å². The first-order chi connectivity index (χ1) is 7.77. The van der Waals surface area contributed by atoms with Crippen molar-refractivity contribution in [2.24, 2.45) is 0 Å². The van der Waals surface area contributed by atoms with E-state index in [0.29, 0.717) is 0 Å². The van der Waals surface area contributed by atoms with Crippen LogP contribution in [0.2, 0.25) is 0 Å². The molecule has 1 aromatic carbocycles. The van der Waals surface area contributed by atoms with Crippen LogP contribution >= 0.6 is 12.4 Å². The summed E-state index contributed by atoms with van der Waals surface area (Å²) in [6, 6.07) is 6.84. The maximum absolute atomic E-state index is 8.00.